The molecule has 84 valence electrons. The van der Waals surface area contributed by atoms with Crippen molar-refractivity contribution in [2.45, 2.75) is 6.16 Å². The molecule has 3 nitrogen and oxygen atoms in total. The van der Waals surface area contributed by atoms with Gasteiger partial charge >= 0.3 is 7.60 Å². The summed E-state index contributed by atoms with van der Waals surface area (Å²) in [6.45, 7) is 0. The molecule has 0 radical (unpaired) electrons. The predicted molar refractivity (Wildman–Crippen MR) is 51.7 cm³/mol. The van der Waals surface area contributed by atoms with Crippen molar-refractivity contribution in [3.8, 4) is 0 Å². The minimum atomic E-state index is -3.31. The van der Waals surface area contributed by atoms with Gasteiger partial charge in [-0.15, -0.1) is 0 Å². The van der Waals surface area contributed by atoms with Gasteiger partial charge in [0.1, 0.15) is 11.6 Å². The molecule has 0 saturated carbocycles. The summed E-state index contributed by atoms with van der Waals surface area (Å²) in [5.41, 5.74) is 0.100. The molecule has 0 aromatic heterocycles. The third kappa shape index (κ3) is 3.09. The van der Waals surface area contributed by atoms with Crippen LogP contribution in [0.3, 0.4) is 0 Å². The Hall–Kier alpha value is -0.770. The van der Waals surface area contributed by atoms with Crippen LogP contribution in [0.25, 0.3) is 0 Å². The Morgan fingerprint density at radius 3 is 2.33 bits per heavy atom. The summed E-state index contributed by atoms with van der Waals surface area (Å²) in [6, 6.07) is 3.04. The molecular formula is C9H11F2O3P. The lowest BCUT2D eigenvalue weighted by atomic mass is 10.2. The molecule has 0 amide bonds. The second-order valence-corrected chi connectivity index (χ2v) is 5.14. The van der Waals surface area contributed by atoms with Gasteiger partial charge < -0.3 is 9.05 Å². The van der Waals surface area contributed by atoms with Gasteiger partial charge in [0.2, 0.25) is 0 Å². The van der Waals surface area contributed by atoms with Gasteiger partial charge in [0.25, 0.3) is 0 Å². The zero-order valence-corrected chi connectivity index (χ0v) is 9.26. The first-order valence-electron chi connectivity index (χ1n) is 4.15. The average molecular weight is 236 g/mol. The van der Waals surface area contributed by atoms with Gasteiger partial charge in [-0.1, -0.05) is 6.07 Å². The Morgan fingerprint density at radius 1 is 1.27 bits per heavy atom. The van der Waals surface area contributed by atoms with Crippen LogP contribution >= 0.6 is 7.60 Å². The van der Waals surface area contributed by atoms with Crippen LogP contribution in [0.15, 0.2) is 18.2 Å². The smallest absolute Gasteiger partial charge is 0.312 e. The van der Waals surface area contributed by atoms with Crippen LogP contribution in [0.4, 0.5) is 8.78 Å². The Morgan fingerprint density at radius 2 is 1.87 bits per heavy atom. The van der Waals surface area contributed by atoms with Gasteiger partial charge in [-0.2, -0.15) is 0 Å². The van der Waals surface area contributed by atoms with Crippen LogP contribution in [0.5, 0.6) is 0 Å². The van der Waals surface area contributed by atoms with E-state index in [-0.39, 0.29) is 11.7 Å². The molecule has 0 spiro atoms. The molecule has 0 N–H and O–H groups in total. The summed E-state index contributed by atoms with van der Waals surface area (Å²) < 4.78 is 46.7. The fourth-order valence-electron chi connectivity index (χ4n) is 1.06. The summed E-state index contributed by atoms with van der Waals surface area (Å²) in [6.07, 6.45) is -0.216. The van der Waals surface area contributed by atoms with Crippen LogP contribution in [0.1, 0.15) is 5.56 Å². The molecular weight excluding hydrogens is 225 g/mol. The normalized spacial score (nSPS) is 11.7. The Bertz CT molecular complexity index is 387. The fourth-order valence-corrected chi connectivity index (χ4v) is 2.14. The largest absolute Gasteiger partial charge is 0.334 e. The number of halogens is 2. The van der Waals surface area contributed by atoms with E-state index in [4.69, 9.17) is 0 Å². The van der Waals surface area contributed by atoms with E-state index >= 15 is 0 Å². The topological polar surface area (TPSA) is 35.5 Å². The number of benzene rings is 1. The molecule has 1 aromatic carbocycles. The van der Waals surface area contributed by atoms with Crippen LogP contribution in [-0.2, 0) is 19.8 Å². The van der Waals surface area contributed by atoms with Crippen molar-refractivity contribution >= 4 is 7.60 Å². The lowest BCUT2D eigenvalue weighted by Gasteiger charge is -2.13. The van der Waals surface area contributed by atoms with Crippen LogP contribution in [0.2, 0.25) is 0 Å². The molecule has 0 unspecified atom stereocenters. The Labute approximate surface area is 86.5 Å². The number of hydrogen-bond acceptors (Lipinski definition) is 3. The van der Waals surface area contributed by atoms with E-state index in [9.17, 15) is 13.3 Å². The fraction of sp³-hybridized carbons (Fsp3) is 0.333. The van der Waals surface area contributed by atoms with E-state index in [0.717, 1.165) is 12.1 Å². The van der Waals surface area contributed by atoms with Crippen molar-refractivity contribution in [2.24, 2.45) is 0 Å². The lowest BCUT2D eigenvalue weighted by Crippen LogP contribution is -1.96. The maximum absolute atomic E-state index is 13.2. The van der Waals surface area contributed by atoms with Crippen LogP contribution < -0.4 is 0 Å². The van der Waals surface area contributed by atoms with Crippen LogP contribution in [-0.4, -0.2) is 14.2 Å². The van der Waals surface area contributed by atoms with Crippen molar-refractivity contribution in [3.05, 3.63) is 35.4 Å². The standard InChI is InChI=1S/C9H11F2O3P/c1-13-15(12,14-2)6-7-3-4-8(10)5-9(7)11/h3-5H,6H2,1-2H3. The van der Waals surface area contributed by atoms with E-state index in [1.54, 1.807) is 0 Å². The molecule has 0 aliphatic heterocycles. The van der Waals surface area contributed by atoms with E-state index in [1.165, 1.54) is 20.3 Å². The van der Waals surface area contributed by atoms with Crippen molar-refractivity contribution in [3.63, 3.8) is 0 Å². The summed E-state index contributed by atoms with van der Waals surface area (Å²) in [5.74, 6) is -1.44. The van der Waals surface area contributed by atoms with Gasteiger partial charge in [-0.3, -0.25) is 4.57 Å². The second-order valence-electron chi connectivity index (χ2n) is 2.87. The van der Waals surface area contributed by atoms with Crippen molar-refractivity contribution in [2.75, 3.05) is 14.2 Å². The molecule has 0 fully saturated rings. The molecule has 0 aliphatic carbocycles. The highest BCUT2D eigenvalue weighted by molar-refractivity contribution is 7.52. The molecule has 6 heteroatoms. The zero-order valence-electron chi connectivity index (χ0n) is 8.37. The van der Waals surface area contributed by atoms with E-state index < -0.39 is 19.2 Å². The Kier molecular flexibility index (Phi) is 3.97. The van der Waals surface area contributed by atoms with Gasteiger partial charge in [-0.25, -0.2) is 8.78 Å². The quantitative estimate of drug-likeness (QED) is 0.754. The monoisotopic (exact) mass is 236 g/mol. The molecule has 0 heterocycles. The van der Waals surface area contributed by atoms with E-state index in [0.29, 0.717) is 0 Å². The highest BCUT2D eigenvalue weighted by Gasteiger charge is 2.23. The number of rotatable bonds is 4. The molecule has 0 atom stereocenters. The van der Waals surface area contributed by atoms with Crippen molar-refractivity contribution in [1.82, 2.24) is 0 Å². The maximum atomic E-state index is 13.2. The average Bonchev–Trinajstić information content (AvgIpc) is 2.22. The van der Waals surface area contributed by atoms with Crippen molar-refractivity contribution in [1.29, 1.82) is 0 Å². The first-order chi connectivity index (χ1) is 7.00. The molecule has 0 aliphatic rings. The Balaban J connectivity index is 2.94. The molecule has 1 aromatic rings. The first-order valence-corrected chi connectivity index (χ1v) is 5.88. The third-order valence-corrected chi connectivity index (χ3v) is 3.78. The second kappa shape index (κ2) is 4.84. The first kappa shape index (κ1) is 12.3. The SMILES string of the molecule is COP(=O)(Cc1ccc(F)cc1F)OC. The maximum Gasteiger partial charge on any atom is 0.334 e. The minimum absolute atomic E-state index is 0.100. The predicted octanol–water partition coefficient (Wildman–Crippen LogP) is 2.95. The summed E-state index contributed by atoms with van der Waals surface area (Å²) in [5, 5.41) is 0. The van der Waals surface area contributed by atoms with Gasteiger partial charge in [0.15, 0.2) is 0 Å². The number of hydrogen-bond donors (Lipinski definition) is 0. The molecule has 15 heavy (non-hydrogen) atoms. The summed E-state index contributed by atoms with van der Waals surface area (Å²) in [7, 11) is -0.880. The minimum Gasteiger partial charge on any atom is -0.312 e. The highest BCUT2D eigenvalue weighted by Crippen LogP contribution is 2.49. The lowest BCUT2D eigenvalue weighted by molar-refractivity contribution is 0.274. The van der Waals surface area contributed by atoms with Crippen molar-refractivity contribution < 1.29 is 22.4 Å². The van der Waals surface area contributed by atoms with Gasteiger partial charge in [0, 0.05) is 25.8 Å². The van der Waals surface area contributed by atoms with E-state index in [2.05, 4.69) is 9.05 Å². The highest BCUT2D eigenvalue weighted by atomic mass is 31.2. The molecule has 0 bridgehead atoms. The zero-order chi connectivity index (χ0) is 11.5. The summed E-state index contributed by atoms with van der Waals surface area (Å²) >= 11 is 0. The molecule has 0 saturated heterocycles. The third-order valence-electron chi connectivity index (χ3n) is 1.94. The van der Waals surface area contributed by atoms with E-state index in [1.807, 2.05) is 0 Å². The van der Waals surface area contributed by atoms with Crippen LogP contribution in [0, 0.1) is 11.6 Å². The van der Waals surface area contributed by atoms with Gasteiger partial charge in [-0.05, 0) is 6.07 Å². The van der Waals surface area contributed by atoms with Gasteiger partial charge in [0.05, 0.1) is 6.16 Å². The summed E-state index contributed by atoms with van der Waals surface area (Å²) in [4.78, 5) is 0. The molecule has 1 rings (SSSR count).